The van der Waals surface area contributed by atoms with Gasteiger partial charge in [-0.1, -0.05) is 18.2 Å². The van der Waals surface area contributed by atoms with Gasteiger partial charge in [0.25, 0.3) is 11.7 Å². The Morgan fingerprint density at radius 2 is 1.67 bits per heavy atom. The molecule has 7 heteroatoms. The third-order valence-corrected chi connectivity index (χ3v) is 5.88. The first-order chi connectivity index (χ1) is 15.9. The Balaban J connectivity index is 2.01. The number of aryl methyl sites for hydroxylation is 2. The number of aliphatic hydroxyl groups excluding tert-OH is 1. The molecule has 0 bridgehead atoms. The molecule has 1 fully saturated rings. The van der Waals surface area contributed by atoms with E-state index in [0.717, 1.165) is 11.1 Å². The summed E-state index contributed by atoms with van der Waals surface area (Å²) in [7, 11) is 2.91. The summed E-state index contributed by atoms with van der Waals surface area (Å²) in [5.41, 5.74) is 3.33. The maximum absolute atomic E-state index is 13.3. The summed E-state index contributed by atoms with van der Waals surface area (Å²) in [6, 6.07) is 13.2. The molecule has 2 aromatic carbocycles. The van der Waals surface area contributed by atoms with Crippen LogP contribution in [0.3, 0.4) is 0 Å². The number of nitrogens with zero attached hydrogens (tertiary/aromatic N) is 2. The maximum atomic E-state index is 13.3. The largest absolute Gasteiger partial charge is 0.506 e. The van der Waals surface area contributed by atoms with Gasteiger partial charge in [-0.05, 0) is 60.9 Å². The van der Waals surface area contributed by atoms with Crippen LogP contribution in [0.2, 0.25) is 0 Å². The molecule has 0 radical (unpaired) electrons. The van der Waals surface area contributed by atoms with Crippen molar-refractivity contribution in [3.8, 4) is 11.5 Å². The van der Waals surface area contributed by atoms with Crippen LogP contribution in [-0.4, -0.2) is 36.0 Å². The molecule has 168 valence electrons. The lowest BCUT2D eigenvalue weighted by molar-refractivity contribution is -0.132. The van der Waals surface area contributed by atoms with E-state index in [1.165, 1.54) is 19.1 Å². The van der Waals surface area contributed by atoms with E-state index in [-0.39, 0.29) is 16.9 Å². The van der Waals surface area contributed by atoms with Crippen LogP contribution in [0.15, 0.2) is 66.5 Å². The highest BCUT2D eigenvalue weighted by atomic mass is 16.5. The van der Waals surface area contributed by atoms with E-state index in [0.29, 0.717) is 22.7 Å². The van der Waals surface area contributed by atoms with E-state index >= 15 is 0 Å². The summed E-state index contributed by atoms with van der Waals surface area (Å²) in [6.45, 7) is 3.91. The molecule has 1 N–H and O–H groups in total. The average Bonchev–Trinajstić information content (AvgIpc) is 3.10. The van der Waals surface area contributed by atoms with Crippen molar-refractivity contribution < 1.29 is 24.2 Å². The first-order valence-corrected chi connectivity index (χ1v) is 10.4. The zero-order chi connectivity index (χ0) is 23.7. The molecule has 0 saturated carbocycles. The monoisotopic (exact) mass is 444 g/mol. The molecule has 0 aliphatic carbocycles. The minimum absolute atomic E-state index is 0.0611. The van der Waals surface area contributed by atoms with Gasteiger partial charge in [-0.3, -0.25) is 19.5 Å². The van der Waals surface area contributed by atoms with Crippen LogP contribution in [0.25, 0.3) is 5.76 Å². The average molecular weight is 444 g/mol. The second-order valence-electron chi connectivity index (χ2n) is 7.76. The molecule has 1 aliphatic rings. The van der Waals surface area contributed by atoms with Crippen LogP contribution >= 0.6 is 0 Å². The van der Waals surface area contributed by atoms with Crippen LogP contribution in [-0.2, 0) is 9.59 Å². The van der Waals surface area contributed by atoms with Crippen LogP contribution < -0.4 is 14.4 Å². The molecule has 1 saturated heterocycles. The Morgan fingerprint density at radius 1 is 0.970 bits per heavy atom. The van der Waals surface area contributed by atoms with Crippen molar-refractivity contribution in [1.82, 2.24) is 4.98 Å². The number of Topliss-reactive ketones (excluding diaryl/α,β-unsaturated/α-hetero) is 1. The number of rotatable bonds is 5. The smallest absolute Gasteiger partial charge is 0.300 e. The summed E-state index contributed by atoms with van der Waals surface area (Å²) in [5, 5.41) is 11.4. The Labute approximate surface area is 191 Å². The number of aliphatic hydroxyl groups is 1. The summed E-state index contributed by atoms with van der Waals surface area (Å²) in [6.07, 6.45) is 3.19. The number of carbonyl (C=O) groups is 2. The fraction of sp³-hybridized carbons (Fsp3) is 0.192. The second kappa shape index (κ2) is 8.78. The molecule has 2 heterocycles. The van der Waals surface area contributed by atoms with Crippen molar-refractivity contribution in [3.05, 3.63) is 88.8 Å². The number of ketones is 1. The number of benzene rings is 2. The summed E-state index contributed by atoms with van der Waals surface area (Å²) < 4.78 is 10.8. The van der Waals surface area contributed by atoms with Crippen LogP contribution in [0.1, 0.15) is 28.3 Å². The molecular formula is C26H24N2O5. The number of amides is 1. The summed E-state index contributed by atoms with van der Waals surface area (Å²) >= 11 is 0. The molecule has 3 aromatic rings. The topological polar surface area (TPSA) is 89.0 Å². The molecule has 0 spiro atoms. The van der Waals surface area contributed by atoms with Gasteiger partial charge in [0.1, 0.15) is 22.8 Å². The lowest BCUT2D eigenvalue weighted by Crippen LogP contribution is -2.29. The summed E-state index contributed by atoms with van der Waals surface area (Å²) in [5.74, 6) is -1.28. The zero-order valence-electron chi connectivity index (χ0n) is 18.8. The van der Waals surface area contributed by atoms with Gasteiger partial charge in [-0.15, -0.1) is 0 Å². The lowest BCUT2D eigenvalue weighted by atomic mass is 9.95. The highest BCUT2D eigenvalue weighted by Crippen LogP contribution is 2.45. The van der Waals surface area contributed by atoms with E-state index in [1.54, 1.807) is 48.8 Å². The predicted octanol–water partition coefficient (Wildman–Crippen LogP) is 4.34. The number of ether oxygens (including phenoxy) is 2. The SMILES string of the molecule is COc1cccc(OC)c1/C(O)=C1\C(=O)C(=O)N(c2ccc(C)c(C)c2)C1c1cccnc1. The Bertz CT molecular complexity index is 1240. The number of anilines is 1. The summed E-state index contributed by atoms with van der Waals surface area (Å²) in [4.78, 5) is 32.2. The van der Waals surface area contributed by atoms with Crippen molar-refractivity contribution >= 4 is 23.1 Å². The van der Waals surface area contributed by atoms with Gasteiger partial charge >= 0.3 is 0 Å². The first-order valence-electron chi connectivity index (χ1n) is 10.4. The van der Waals surface area contributed by atoms with E-state index in [1.807, 2.05) is 26.0 Å². The molecule has 1 aliphatic heterocycles. The first kappa shape index (κ1) is 22.1. The van der Waals surface area contributed by atoms with Gasteiger partial charge in [0.05, 0.1) is 25.8 Å². The Morgan fingerprint density at radius 3 is 2.24 bits per heavy atom. The predicted molar refractivity (Wildman–Crippen MR) is 124 cm³/mol. The second-order valence-corrected chi connectivity index (χ2v) is 7.76. The molecule has 4 rings (SSSR count). The fourth-order valence-corrected chi connectivity index (χ4v) is 4.05. The number of aromatic nitrogens is 1. The molecule has 7 nitrogen and oxygen atoms in total. The molecular weight excluding hydrogens is 420 g/mol. The number of hydrogen-bond acceptors (Lipinski definition) is 6. The van der Waals surface area contributed by atoms with E-state index < -0.39 is 17.7 Å². The van der Waals surface area contributed by atoms with Crippen molar-refractivity contribution in [1.29, 1.82) is 0 Å². The van der Waals surface area contributed by atoms with E-state index in [4.69, 9.17) is 9.47 Å². The highest BCUT2D eigenvalue weighted by molar-refractivity contribution is 6.51. The van der Waals surface area contributed by atoms with Crippen LogP contribution in [0, 0.1) is 13.8 Å². The molecule has 1 atom stereocenters. The van der Waals surface area contributed by atoms with Crippen molar-refractivity contribution in [2.24, 2.45) is 0 Å². The van der Waals surface area contributed by atoms with Crippen molar-refractivity contribution in [2.45, 2.75) is 19.9 Å². The molecule has 33 heavy (non-hydrogen) atoms. The maximum Gasteiger partial charge on any atom is 0.300 e. The van der Waals surface area contributed by atoms with Crippen molar-refractivity contribution in [3.63, 3.8) is 0 Å². The zero-order valence-corrected chi connectivity index (χ0v) is 18.8. The Hall–Kier alpha value is -4.13. The Kier molecular flexibility index (Phi) is 5.87. The van der Waals surface area contributed by atoms with Gasteiger partial charge in [-0.2, -0.15) is 0 Å². The number of carbonyl (C=O) groups excluding carboxylic acids is 2. The normalized spacial score (nSPS) is 17.3. The van der Waals surface area contributed by atoms with Crippen LogP contribution in [0.4, 0.5) is 5.69 Å². The minimum atomic E-state index is -0.879. The molecule has 1 amide bonds. The lowest BCUT2D eigenvalue weighted by Gasteiger charge is -2.26. The van der Waals surface area contributed by atoms with Crippen LogP contribution in [0.5, 0.6) is 11.5 Å². The van der Waals surface area contributed by atoms with Crippen molar-refractivity contribution in [2.75, 3.05) is 19.1 Å². The number of hydrogen-bond donors (Lipinski definition) is 1. The third kappa shape index (κ3) is 3.71. The van der Waals surface area contributed by atoms with E-state index in [9.17, 15) is 14.7 Å². The van der Waals surface area contributed by atoms with Gasteiger partial charge in [0, 0.05) is 18.1 Å². The van der Waals surface area contributed by atoms with E-state index in [2.05, 4.69) is 4.98 Å². The quantitative estimate of drug-likeness (QED) is 0.358. The molecule has 1 unspecified atom stereocenters. The van der Waals surface area contributed by atoms with Gasteiger partial charge < -0.3 is 14.6 Å². The number of pyridine rings is 1. The molecule has 1 aromatic heterocycles. The minimum Gasteiger partial charge on any atom is -0.506 e. The third-order valence-electron chi connectivity index (χ3n) is 5.88. The van der Waals surface area contributed by atoms with Gasteiger partial charge in [-0.25, -0.2) is 0 Å². The van der Waals surface area contributed by atoms with Gasteiger partial charge in [0.15, 0.2) is 0 Å². The number of methoxy groups -OCH3 is 2. The van der Waals surface area contributed by atoms with Gasteiger partial charge in [0.2, 0.25) is 0 Å². The highest BCUT2D eigenvalue weighted by Gasteiger charge is 2.47. The fourth-order valence-electron chi connectivity index (χ4n) is 4.05. The standard InChI is InChI=1S/C26H24N2O5/c1-15-10-11-18(13-16(15)2)28-23(17-7-6-12-27-14-17)22(25(30)26(28)31)24(29)21-19(32-3)8-5-9-20(21)33-4/h5-14,23,29H,1-4H3/b24-22+.